The van der Waals surface area contributed by atoms with Gasteiger partial charge in [0, 0.05) is 0 Å². The van der Waals surface area contributed by atoms with Crippen molar-refractivity contribution in [2.24, 2.45) is 17.8 Å². The smallest absolute Gasteiger partial charge is 0.407 e. The molecule has 1 fully saturated rings. The lowest BCUT2D eigenvalue weighted by molar-refractivity contribution is -0.126. The number of hydrogen-bond acceptors (Lipinski definition) is 4. The average molecular weight is 328 g/mol. The Morgan fingerprint density at radius 3 is 2.54 bits per heavy atom. The number of hydrogen-bond donors (Lipinski definition) is 2. The van der Waals surface area contributed by atoms with E-state index in [1.807, 2.05) is 43.3 Å². The van der Waals surface area contributed by atoms with Crippen LogP contribution in [-0.2, 0) is 20.9 Å². The SMILES string of the molecule is CC[C@H]1C=C[C@@H](NC(=O)OCc2ccccc2)[C@H]2C(=O)NC(=O)[C@H]21. The van der Waals surface area contributed by atoms with Gasteiger partial charge in [-0.15, -0.1) is 0 Å². The van der Waals surface area contributed by atoms with E-state index in [0.29, 0.717) is 0 Å². The molecule has 6 nitrogen and oxygen atoms in total. The Morgan fingerprint density at radius 2 is 1.83 bits per heavy atom. The Bertz CT molecular complexity index is 671. The van der Waals surface area contributed by atoms with Crippen LogP contribution < -0.4 is 10.6 Å². The third kappa shape index (κ3) is 3.18. The summed E-state index contributed by atoms with van der Waals surface area (Å²) in [6.45, 7) is 2.13. The second-order valence-electron chi connectivity index (χ2n) is 6.09. The number of nitrogens with one attached hydrogen (secondary N) is 2. The summed E-state index contributed by atoms with van der Waals surface area (Å²) in [4.78, 5) is 36.1. The molecule has 24 heavy (non-hydrogen) atoms. The number of imide groups is 1. The summed E-state index contributed by atoms with van der Waals surface area (Å²) in [5, 5.41) is 5.07. The lowest BCUT2D eigenvalue weighted by Crippen LogP contribution is -2.47. The van der Waals surface area contributed by atoms with Gasteiger partial charge in [-0.05, 0) is 17.9 Å². The van der Waals surface area contributed by atoms with Crippen LogP contribution in [0.25, 0.3) is 0 Å². The van der Waals surface area contributed by atoms with Crippen LogP contribution in [0.2, 0.25) is 0 Å². The van der Waals surface area contributed by atoms with Gasteiger partial charge in [-0.25, -0.2) is 4.79 Å². The van der Waals surface area contributed by atoms with E-state index < -0.39 is 24.0 Å². The molecule has 3 amide bonds. The maximum absolute atomic E-state index is 12.1. The van der Waals surface area contributed by atoms with Crippen molar-refractivity contribution in [2.45, 2.75) is 26.0 Å². The van der Waals surface area contributed by atoms with Gasteiger partial charge in [-0.2, -0.15) is 0 Å². The molecule has 1 aromatic rings. The van der Waals surface area contributed by atoms with Crippen molar-refractivity contribution in [3.63, 3.8) is 0 Å². The molecule has 4 atom stereocenters. The standard InChI is InChI=1S/C18H20N2O4/c1-2-12-8-9-13(15-14(12)16(21)20-17(15)22)19-18(23)24-10-11-6-4-3-5-7-11/h3-9,12-15H,2,10H2,1H3,(H,19,23)(H,20,21,22)/t12-,13+,14-,15+/m0/s1. The fourth-order valence-corrected chi connectivity index (χ4v) is 3.39. The topological polar surface area (TPSA) is 84.5 Å². The van der Waals surface area contributed by atoms with Gasteiger partial charge in [0.2, 0.25) is 11.8 Å². The molecule has 3 rings (SSSR count). The lowest BCUT2D eigenvalue weighted by atomic mass is 9.74. The van der Waals surface area contributed by atoms with E-state index >= 15 is 0 Å². The number of carbonyl (C=O) groups excluding carboxylic acids is 3. The fraction of sp³-hybridized carbons (Fsp3) is 0.389. The quantitative estimate of drug-likeness (QED) is 0.652. The molecule has 0 bridgehead atoms. The Balaban J connectivity index is 1.64. The van der Waals surface area contributed by atoms with Crippen LogP contribution in [0.4, 0.5) is 4.79 Å². The summed E-state index contributed by atoms with van der Waals surface area (Å²) < 4.78 is 5.19. The summed E-state index contributed by atoms with van der Waals surface area (Å²) in [6.07, 6.45) is 3.86. The number of rotatable bonds is 4. The summed E-state index contributed by atoms with van der Waals surface area (Å²) in [5.74, 6) is -1.57. The van der Waals surface area contributed by atoms with Crippen LogP contribution in [-0.4, -0.2) is 23.9 Å². The molecule has 0 radical (unpaired) electrons. The highest BCUT2D eigenvalue weighted by Gasteiger charge is 2.50. The van der Waals surface area contributed by atoms with Crippen LogP contribution in [0.3, 0.4) is 0 Å². The molecule has 0 saturated carbocycles. The van der Waals surface area contributed by atoms with E-state index in [-0.39, 0.29) is 24.3 Å². The monoisotopic (exact) mass is 328 g/mol. The molecule has 0 aromatic heterocycles. The number of alkyl carbamates (subject to hydrolysis) is 1. The Morgan fingerprint density at radius 1 is 1.12 bits per heavy atom. The number of carbonyl (C=O) groups is 3. The Kier molecular flexibility index (Phi) is 4.64. The number of benzene rings is 1. The van der Waals surface area contributed by atoms with E-state index in [1.54, 1.807) is 6.08 Å². The zero-order valence-corrected chi connectivity index (χ0v) is 13.4. The number of amides is 3. The van der Waals surface area contributed by atoms with E-state index in [2.05, 4.69) is 10.6 Å². The number of allylic oxidation sites excluding steroid dienone is 1. The molecule has 1 saturated heterocycles. The van der Waals surface area contributed by atoms with Gasteiger partial charge >= 0.3 is 6.09 Å². The molecule has 0 unspecified atom stereocenters. The number of ether oxygens (including phenoxy) is 1. The zero-order valence-electron chi connectivity index (χ0n) is 13.4. The van der Waals surface area contributed by atoms with Gasteiger partial charge in [0.05, 0.1) is 17.9 Å². The third-order valence-corrected chi connectivity index (χ3v) is 4.62. The van der Waals surface area contributed by atoms with Gasteiger partial charge in [0.15, 0.2) is 0 Å². The predicted molar refractivity (Wildman–Crippen MR) is 86.6 cm³/mol. The first-order valence-electron chi connectivity index (χ1n) is 8.10. The molecule has 0 spiro atoms. The van der Waals surface area contributed by atoms with Crippen LogP contribution in [0, 0.1) is 17.8 Å². The van der Waals surface area contributed by atoms with E-state index in [1.165, 1.54) is 0 Å². The highest BCUT2D eigenvalue weighted by molar-refractivity contribution is 6.06. The van der Waals surface area contributed by atoms with Gasteiger partial charge in [-0.1, -0.05) is 49.4 Å². The van der Waals surface area contributed by atoms with Gasteiger partial charge in [0.25, 0.3) is 0 Å². The normalized spacial score (nSPS) is 28.2. The van der Waals surface area contributed by atoms with Gasteiger partial charge < -0.3 is 10.1 Å². The summed E-state index contributed by atoms with van der Waals surface area (Å²) in [6, 6.07) is 8.80. The summed E-state index contributed by atoms with van der Waals surface area (Å²) in [5.41, 5.74) is 0.879. The van der Waals surface area contributed by atoms with Crippen molar-refractivity contribution in [3.05, 3.63) is 48.0 Å². The average Bonchev–Trinajstić information content (AvgIpc) is 2.90. The van der Waals surface area contributed by atoms with Crippen LogP contribution >= 0.6 is 0 Å². The third-order valence-electron chi connectivity index (χ3n) is 4.62. The van der Waals surface area contributed by atoms with Crippen molar-refractivity contribution in [3.8, 4) is 0 Å². The highest BCUT2D eigenvalue weighted by atomic mass is 16.5. The fourth-order valence-electron chi connectivity index (χ4n) is 3.39. The first-order valence-corrected chi connectivity index (χ1v) is 8.10. The van der Waals surface area contributed by atoms with Crippen molar-refractivity contribution >= 4 is 17.9 Å². The molecule has 2 N–H and O–H groups in total. The maximum atomic E-state index is 12.1. The van der Waals surface area contributed by atoms with E-state index in [4.69, 9.17) is 4.74 Å². The largest absolute Gasteiger partial charge is 0.445 e. The number of fused-ring (bicyclic) bond motifs is 1. The minimum Gasteiger partial charge on any atom is -0.445 e. The van der Waals surface area contributed by atoms with Crippen LogP contribution in [0.5, 0.6) is 0 Å². The Labute approximate surface area is 140 Å². The Hall–Kier alpha value is -2.63. The van der Waals surface area contributed by atoms with Crippen LogP contribution in [0.15, 0.2) is 42.5 Å². The molecule has 1 aromatic carbocycles. The lowest BCUT2D eigenvalue weighted by Gasteiger charge is -2.31. The van der Waals surface area contributed by atoms with Gasteiger partial charge in [-0.3, -0.25) is 14.9 Å². The summed E-state index contributed by atoms with van der Waals surface area (Å²) >= 11 is 0. The molecule has 2 aliphatic rings. The maximum Gasteiger partial charge on any atom is 0.407 e. The van der Waals surface area contributed by atoms with Crippen molar-refractivity contribution < 1.29 is 19.1 Å². The van der Waals surface area contributed by atoms with Crippen molar-refractivity contribution in [1.29, 1.82) is 0 Å². The molecular formula is C18H20N2O4. The van der Waals surface area contributed by atoms with Crippen LogP contribution in [0.1, 0.15) is 18.9 Å². The zero-order chi connectivity index (χ0) is 17.1. The predicted octanol–water partition coefficient (Wildman–Crippen LogP) is 1.77. The molecule has 126 valence electrons. The molecule has 1 aliphatic heterocycles. The molecule has 1 heterocycles. The molecule has 1 aliphatic carbocycles. The van der Waals surface area contributed by atoms with E-state index in [9.17, 15) is 14.4 Å². The second-order valence-corrected chi connectivity index (χ2v) is 6.09. The summed E-state index contributed by atoms with van der Waals surface area (Å²) in [7, 11) is 0. The molecular weight excluding hydrogens is 308 g/mol. The van der Waals surface area contributed by atoms with E-state index in [0.717, 1.165) is 12.0 Å². The highest BCUT2D eigenvalue weighted by Crippen LogP contribution is 2.36. The van der Waals surface area contributed by atoms with Crippen molar-refractivity contribution in [2.75, 3.05) is 0 Å². The first-order chi connectivity index (χ1) is 11.6. The minimum absolute atomic E-state index is 0.0137. The molecule has 6 heteroatoms. The first kappa shape index (κ1) is 16.2. The minimum atomic E-state index is -0.602. The second kappa shape index (κ2) is 6.86. The van der Waals surface area contributed by atoms with Gasteiger partial charge in [0.1, 0.15) is 6.61 Å². The van der Waals surface area contributed by atoms with Crippen molar-refractivity contribution in [1.82, 2.24) is 10.6 Å².